The van der Waals surface area contributed by atoms with Gasteiger partial charge in [-0.1, -0.05) is 45.0 Å². The van der Waals surface area contributed by atoms with Crippen LogP contribution in [-0.2, 0) is 6.42 Å². The van der Waals surface area contributed by atoms with Crippen LogP contribution in [0, 0.1) is 5.41 Å². The zero-order chi connectivity index (χ0) is 11.8. The zero-order valence-electron chi connectivity index (χ0n) is 10.9. The van der Waals surface area contributed by atoms with E-state index in [0.29, 0.717) is 11.5 Å². The van der Waals surface area contributed by atoms with Gasteiger partial charge < -0.3 is 5.32 Å². The normalized spacial score (nSPS) is 21.1. The van der Waals surface area contributed by atoms with Crippen LogP contribution in [-0.4, -0.2) is 13.1 Å². The minimum atomic E-state index is 0.347. The van der Waals surface area contributed by atoms with Crippen molar-refractivity contribution in [3.8, 4) is 0 Å². The molecule has 88 valence electrons. The molecule has 16 heavy (non-hydrogen) atoms. The van der Waals surface area contributed by atoms with Crippen molar-refractivity contribution in [2.45, 2.75) is 45.6 Å². The van der Waals surface area contributed by atoms with E-state index in [2.05, 4.69) is 57.4 Å². The quantitative estimate of drug-likeness (QED) is 0.818. The maximum atomic E-state index is 3.47. The van der Waals surface area contributed by atoms with Gasteiger partial charge in [-0.15, -0.1) is 0 Å². The fraction of sp³-hybridized carbons (Fsp3) is 0.600. The van der Waals surface area contributed by atoms with E-state index in [0.717, 1.165) is 5.92 Å². The summed E-state index contributed by atoms with van der Waals surface area (Å²) >= 11 is 0. The second kappa shape index (κ2) is 4.21. The molecule has 0 aromatic heterocycles. The molecular formula is C15H23N. The Morgan fingerprint density at radius 1 is 1.31 bits per heavy atom. The van der Waals surface area contributed by atoms with E-state index in [9.17, 15) is 0 Å². The lowest BCUT2D eigenvalue weighted by atomic mass is 9.71. The Kier molecular flexibility index (Phi) is 3.07. The highest BCUT2D eigenvalue weighted by Crippen LogP contribution is 2.40. The molecule has 2 atom stereocenters. The van der Waals surface area contributed by atoms with Crippen molar-refractivity contribution in [2.75, 3.05) is 7.05 Å². The monoisotopic (exact) mass is 217 g/mol. The number of rotatable bonds is 3. The third-order valence-corrected chi connectivity index (χ3v) is 3.88. The average Bonchev–Trinajstić information content (AvgIpc) is 2.18. The number of hydrogen-bond donors (Lipinski definition) is 1. The molecule has 0 fully saturated rings. The Morgan fingerprint density at radius 3 is 2.56 bits per heavy atom. The van der Waals surface area contributed by atoms with Gasteiger partial charge in [-0.25, -0.2) is 0 Å². The van der Waals surface area contributed by atoms with Crippen LogP contribution in [0.15, 0.2) is 24.3 Å². The van der Waals surface area contributed by atoms with Crippen LogP contribution in [0.2, 0.25) is 0 Å². The molecule has 0 heterocycles. The summed E-state index contributed by atoms with van der Waals surface area (Å²) in [4.78, 5) is 0. The van der Waals surface area contributed by atoms with E-state index >= 15 is 0 Å². The van der Waals surface area contributed by atoms with Crippen LogP contribution in [0.1, 0.15) is 44.2 Å². The number of hydrogen-bond acceptors (Lipinski definition) is 1. The fourth-order valence-corrected chi connectivity index (χ4v) is 2.76. The minimum absolute atomic E-state index is 0.347. The lowest BCUT2D eigenvalue weighted by Gasteiger charge is -2.38. The molecule has 0 saturated heterocycles. The summed E-state index contributed by atoms with van der Waals surface area (Å²) in [5.74, 6) is 0.771. The van der Waals surface area contributed by atoms with Crippen molar-refractivity contribution in [1.82, 2.24) is 5.32 Å². The molecule has 2 unspecified atom stereocenters. The molecule has 1 aliphatic rings. The first-order valence-corrected chi connectivity index (χ1v) is 6.27. The molecule has 1 aromatic rings. The standard InChI is InChI=1S/C15H23N/c1-15(2,3)14(16-4)10-12-9-11-7-5-6-8-13(11)12/h5-8,12,14,16H,9-10H2,1-4H3. The summed E-state index contributed by atoms with van der Waals surface area (Å²) in [7, 11) is 2.08. The van der Waals surface area contributed by atoms with Gasteiger partial charge in [-0.05, 0) is 42.3 Å². The summed E-state index contributed by atoms with van der Waals surface area (Å²) in [6.07, 6.45) is 2.53. The van der Waals surface area contributed by atoms with Crippen molar-refractivity contribution in [3.05, 3.63) is 35.4 Å². The van der Waals surface area contributed by atoms with E-state index in [1.54, 1.807) is 11.1 Å². The van der Waals surface area contributed by atoms with Crippen molar-refractivity contribution < 1.29 is 0 Å². The second-order valence-corrected chi connectivity index (χ2v) is 6.04. The van der Waals surface area contributed by atoms with Crippen molar-refractivity contribution >= 4 is 0 Å². The summed E-state index contributed by atoms with van der Waals surface area (Å²) < 4.78 is 0. The Labute approximate surface area is 99.3 Å². The molecule has 1 heteroatoms. The lowest BCUT2D eigenvalue weighted by Crippen LogP contribution is -2.40. The molecule has 1 nitrogen and oxygen atoms in total. The van der Waals surface area contributed by atoms with Gasteiger partial charge in [0.05, 0.1) is 0 Å². The third kappa shape index (κ3) is 2.15. The fourth-order valence-electron chi connectivity index (χ4n) is 2.76. The molecule has 0 bridgehead atoms. The Hall–Kier alpha value is -0.820. The SMILES string of the molecule is CNC(CC1Cc2ccccc21)C(C)(C)C. The van der Waals surface area contributed by atoms with Gasteiger partial charge >= 0.3 is 0 Å². The smallest absolute Gasteiger partial charge is 0.0118 e. The van der Waals surface area contributed by atoms with E-state index in [-0.39, 0.29) is 0 Å². The number of nitrogens with one attached hydrogen (secondary N) is 1. The van der Waals surface area contributed by atoms with E-state index < -0.39 is 0 Å². The highest BCUT2D eigenvalue weighted by molar-refractivity contribution is 5.40. The summed E-state index contributed by atoms with van der Waals surface area (Å²) in [5.41, 5.74) is 3.47. The predicted octanol–water partition coefficient (Wildman–Crippen LogP) is 3.35. The molecule has 0 saturated carbocycles. The summed E-state index contributed by atoms with van der Waals surface area (Å²) in [6, 6.07) is 9.46. The Balaban J connectivity index is 2.03. The van der Waals surface area contributed by atoms with Crippen LogP contribution in [0.5, 0.6) is 0 Å². The summed E-state index contributed by atoms with van der Waals surface area (Å²) in [6.45, 7) is 6.95. The second-order valence-electron chi connectivity index (χ2n) is 6.04. The first-order chi connectivity index (χ1) is 7.52. The van der Waals surface area contributed by atoms with E-state index in [4.69, 9.17) is 0 Å². The van der Waals surface area contributed by atoms with Gasteiger partial charge in [-0.2, -0.15) is 0 Å². The molecule has 1 aromatic carbocycles. The van der Waals surface area contributed by atoms with E-state index in [1.165, 1.54) is 12.8 Å². The molecule has 1 N–H and O–H groups in total. The van der Waals surface area contributed by atoms with E-state index in [1.807, 2.05) is 0 Å². The zero-order valence-corrected chi connectivity index (χ0v) is 10.9. The van der Waals surface area contributed by atoms with Gasteiger partial charge in [0.2, 0.25) is 0 Å². The van der Waals surface area contributed by atoms with Crippen LogP contribution in [0.3, 0.4) is 0 Å². The predicted molar refractivity (Wildman–Crippen MR) is 69.8 cm³/mol. The molecule has 0 radical (unpaired) electrons. The highest BCUT2D eigenvalue weighted by Gasteiger charge is 2.31. The van der Waals surface area contributed by atoms with Crippen molar-refractivity contribution in [1.29, 1.82) is 0 Å². The van der Waals surface area contributed by atoms with Crippen LogP contribution >= 0.6 is 0 Å². The molecule has 0 spiro atoms. The van der Waals surface area contributed by atoms with Gasteiger partial charge in [0, 0.05) is 6.04 Å². The van der Waals surface area contributed by atoms with Crippen molar-refractivity contribution in [3.63, 3.8) is 0 Å². The maximum Gasteiger partial charge on any atom is 0.0118 e. The first-order valence-electron chi connectivity index (χ1n) is 6.27. The first kappa shape index (κ1) is 11.7. The van der Waals surface area contributed by atoms with Crippen LogP contribution < -0.4 is 5.32 Å². The van der Waals surface area contributed by atoms with Crippen LogP contribution in [0.4, 0.5) is 0 Å². The van der Waals surface area contributed by atoms with Gasteiger partial charge in [0.25, 0.3) is 0 Å². The Bertz CT molecular complexity index is 362. The summed E-state index contributed by atoms with van der Waals surface area (Å²) in [5, 5.41) is 3.47. The van der Waals surface area contributed by atoms with Crippen LogP contribution in [0.25, 0.3) is 0 Å². The average molecular weight is 217 g/mol. The number of benzene rings is 1. The van der Waals surface area contributed by atoms with Gasteiger partial charge in [-0.3, -0.25) is 0 Å². The third-order valence-electron chi connectivity index (χ3n) is 3.88. The molecule has 0 aliphatic heterocycles. The molecule has 2 rings (SSSR count). The largest absolute Gasteiger partial charge is 0.316 e. The molecule has 0 amide bonds. The lowest BCUT2D eigenvalue weighted by molar-refractivity contribution is 0.248. The Morgan fingerprint density at radius 2 is 2.00 bits per heavy atom. The van der Waals surface area contributed by atoms with Gasteiger partial charge in [0.15, 0.2) is 0 Å². The minimum Gasteiger partial charge on any atom is -0.316 e. The van der Waals surface area contributed by atoms with Gasteiger partial charge in [0.1, 0.15) is 0 Å². The molecule has 1 aliphatic carbocycles. The molecular weight excluding hydrogens is 194 g/mol. The highest BCUT2D eigenvalue weighted by atomic mass is 14.9. The topological polar surface area (TPSA) is 12.0 Å². The maximum absolute atomic E-state index is 3.47. The number of fused-ring (bicyclic) bond motifs is 1. The van der Waals surface area contributed by atoms with Crippen molar-refractivity contribution in [2.24, 2.45) is 5.41 Å².